The Labute approximate surface area is 227 Å². The first-order chi connectivity index (χ1) is 18.4. The third kappa shape index (κ3) is 5.26. The van der Waals surface area contributed by atoms with Crippen LogP contribution in [0.5, 0.6) is 11.5 Å². The maximum atomic E-state index is 13.5. The molecule has 0 N–H and O–H groups in total. The number of nitrogens with zero attached hydrogens (tertiary/aromatic N) is 3. The van der Waals surface area contributed by atoms with Gasteiger partial charge in [0.15, 0.2) is 5.82 Å². The number of hydrogen-bond acceptors (Lipinski definition) is 6. The Balaban J connectivity index is 1.57. The number of rotatable bonds is 6. The first-order valence-corrected chi connectivity index (χ1v) is 12.5. The van der Waals surface area contributed by atoms with Gasteiger partial charge in [-0.3, -0.25) is 4.79 Å². The number of esters is 1. The molecule has 0 radical (unpaired) electrons. The van der Waals surface area contributed by atoms with Crippen LogP contribution in [0.3, 0.4) is 0 Å². The van der Waals surface area contributed by atoms with Gasteiger partial charge >= 0.3 is 5.97 Å². The van der Waals surface area contributed by atoms with Gasteiger partial charge in [-0.2, -0.15) is 9.78 Å². The number of carbonyl (C=O) groups excluding carboxylic acids is 1. The van der Waals surface area contributed by atoms with Crippen LogP contribution in [0.1, 0.15) is 21.5 Å². The molecule has 0 spiro atoms. The van der Waals surface area contributed by atoms with E-state index in [4.69, 9.17) is 14.5 Å². The van der Waals surface area contributed by atoms with Gasteiger partial charge in [0.2, 0.25) is 0 Å². The summed E-state index contributed by atoms with van der Waals surface area (Å²) in [5, 5.41) is 4.97. The zero-order chi connectivity index (χ0) is 26.6. The summed E-state index contributed by atoms with van der Waals surface area (Å²) in [6.07, 6.45) is 1.48. The van der Waals surface area contributed by atoms with Crippen molar-refractivity contribution in [1.82, 2.24) is 9.66 Å². The molecule has 0 bridgehead atoms. The van der Waals surface area contributed by atoms with Gasteiger partial charge in [0.25, 0.3) is 5.56 Å². The number of methoxy groups -OCH3 is 1. The van der Waals surface area contributed by atoms with Gasteiger partial charge in [0.05, 0.1) is 29.8 Å². The van der Waals surface area contributed by atoms with Gasteiger partial charge in [0.1, 0.15) is 11.5 Å². The lowest BCUT2D eigenvalue weighted by Crippen LogP contribution is -2.20. The number of fused-ring (bicyclic) bond motifs is 1. The van der Waals surface area contributed by atoms with E-state index in [0.29, 0.717) is 33.6 Å². The number of aromatic nitrogens is 2. The van der Waals surface area contributed by atoms with Crippen LogP contribution >= 0.6 is 15.9 Å². The minimum atomic E-state index is -0.533. The van der Waals surface area contributed by atoms with Gasteiger partial charge in [-0.1, -0.05) is 51.8 Å². The summed E-state index contributed by atoms with van der Waals surface area (Å²) >= 11 is 3.46. The quantitative estimate of drug-likeness (QED) is 0.138. The molecule has 4 aromatic carbocycles. The van der Waals surface area contributed by atoms with E-state index in [9.17, 15) is 9.59 Å². The van der Waals surface area contributed by atoms with E-state index >= 15 is 0 Å². The molecule has 5 rings (SSSR count). The summed E-state index contributed by atoms with van der Waals surface area (Å²) in [7, 11) is 1.56. The van der Waals surface area contributed by atoms with Crippen molar-refractivity contribution in [3.05, 3.63) is 123 Å². The van der Waals surface area contributed by atoms with Gasteiger partial charge in [-0.15, -0.1) is 0 Å². The highest BCUT2D eigenvalue weighted by molar-refractivity contribution is 9.10. The number of halogens is 1. The van der Waals surface area contributed by atoms with E-state index in [-0.39, 0.29) is 11.3 Å². The van der Waals surface area contributed by atoms with Crippen LogP contribution in [0, 0.1) is 6.92 Å². The molecule has 38 heavy (non-hydrogen) atoms. The topological polar surface area (TPSA) is 82.8 Å². The Morgan fingerprint density at radius 2 is 1.76 bits per heavy atom. The highest BCUT2D eigenvalue weighted by atomic mass is 79.9. The molecule has 1 aromatic heterocycles. The van der Waals surface area contributed by atoms with E-state index < -0.39 is 5.97 Å². The SMILES string of the molecule is COc1ccc(C(=O)Oc2ccc(Br)cc2C=Nn2c(-c3cccc(C)c3)nc3ccccc3c2=O)cc1. The number of aryl methyl sites for hydroxylation is 1. The second-order valence-corrected chi connectivity index (χ2v) is 9.40. The number of benzene rings is 4. The van der Waals surface area contributed by atoms with Crippen molar-refractivity contribution in [2.45, 2.75) is 6.92 Å². The average Bonchev–Trinajstić information content (AvgIpc) is 2.93. The fourth-order valence-corrected chi connectivity index (χ4v) is 4.30. The Morgan fingerprint density at radius 1 is 0.974 bits per heavy atom. The Hall–Kier alpha value is -4.56. The normalized spacial score (nSPS) is 11.1. The summed E-state index contributed by atoms with van der Waals surface area (Å²) in [4.78, 5) is 31.1. The van der Waals surface area contributed by atoms with E-state index in [2.05, 4.69) is 21.0 Å². The number of carbonyl (C=O) groups is 1. The van der Waals surface area contributed by atoms with Crippen LogP contribution in [-0.4, -0.2) is 29.0 Å². The summed E-state index contributed by atoms with van der Waals surface area (Å²) in [6.45, 7) is 1.97. The zero-order valence-corrected chi connectivity index (χ0v) is 22.2. The van der Waals surface area contributed by atoms with Crippen molar-refractivity contribution in [3.63, 3.8) is 0 Å². The van der Waals surface area contributed by atoms with E-state index in [1.165, 1.54) is 10.9 Å². The molecule has 0 amide bonds. The van der Waals surface area contributed by atoms with Gasteiger partial charge in [-0.25, -0.2) is 9.78 Å². The van der Waals surface area contributed by atoms with Crippen LogP contribution < -0.4 is 15.0 Å². The molecule has 1 heterocycles. The van der Waals surface area contributed by atoms with Gasteiger partial charge < -0.3 is 9.47 Å². The lowest BCUT2D eigenvalue weighted by Gasteiger charge is -2.11. The van der Waals surface area contributed by atoms with E-state index in [1.807, 2.05) is 37.3 Å². The molecule has 0 aliphatic carbocycles. The maximum Gasteiger partial charge on any atom is 0.343 e. The first kappa shape index (κ1) is 25.1. The molecule has 0 saturated heterocycles. The molecule has 5 aromatic rings. The Morgan fingerprint density at radius 3 is 2.53 bits per heavy atom. The van der Waals surface area contributed by atoms with Crippen molar-refractivity contribution in [2.24, 2.45) is 5.10 Å². The van der Waals surface area contributed by atoms with Crippen LogP contribution in [0.25, 0.3) is 22.3 Å². The molecule has 0 saturated carbocycles. The van der Waals surface area contributed by atoms with Crippen molar-refractivity contribution < 1.29 is 14.3 Å². The molecular weight excluding hydrogens is 546 g/mol. The third-order valence-corrected chi connectivity index (χ3v) is 6.34. The smallest absolute Gasteiger partial charge is 0.343 e. The highest BCUT2D eigenvalue weighted by Crippen LogP contribution is 2.24. The molecule has 0 aliphatic heterocycles. The van der Waals surface area contributed by atoms with Crippen molar-refractivity contribution in [2.75, 3.05) is 7.11 Å². The minimum absolute atomic E-state index is 0.289. The second kappa shape index (κ2) is 10.8. The van der Waals surface area contributed by atoms with Crippen molar-refractivity contribution in [1.29, 1.82) is 0 Å². The van der Waals surface area contributed by atoms with Crippen LogP contribution in [0.4, 0.5) is 0 Å². The van der Waals surface area contributed by atoms with Gasteiger partial charge in [-0.05, 0) is 67.6 Å². The summed E-state index contributed by atoms with van der Waals surface area (Å²) in [6, 6.07) is 26.7. The maximum absolute atomic E-state index is 13.5. The summed E-state index contributed by atoms with van der Waals surface area (Å²) in [5.74, 6) is 0.795. The number of ether oxygens (including phenoxy) is 2. The molecule has 0 atom stereocenters. The lowest BCUT2D eigenvalue weighted by molar-refractivity contribution is 0.0734. The lowest BCUT2D eigenvalue weighted by atomic mass is 10.1. The van der Waals surface area contributed by atoms with Gasteiger partial charge in [0, 0.05) is 15.6 Å². The predicted molar refractivity (Wildman–Crippen MR) is 151 cm³/mol. The average molecular weight is 568 g/mol. The Bertz CT molecular complexity index is 1740. The molecule has 0 fully saturated rings. The zero-order valence-electron chi connectivity index (χ0n) is 20.6. The molecular formula is C30H22BrN3O4. The predicted octanol–water partition coefficient (Wildman–Crippen LogP) is 6.24. The molecule has 7 nitrogen and oxygen atoms in total. The van der Waals surface area contributed by atoms with E-state index in [1.54, 1.807) is 67.8 Å². The summed E-state index contributed by atoms with van der Waals surface area (Å²) < 4.78 is 12.9. The fourth-order valence-electron chi connectivity index (χ4n) is 3.92. The van der Waals surface area contributed by atoms with Crippen molar-refractivity contribution in [3.8, 4) is 22.9 Å². The highest BCUT2D eigenvalue weighted by Gasteiger charge is 2.15. The van der Waals surface area contributed by atoms with Crippen molar-refractivity contribution >= 4 is 39.0 Å². The van der Waals surface area contributed by atoms with Crippen LogP contribution in [0.15, 0.2) is 105 Å². The first-order valence-electron chi connectivity index (χ1n) is 11.7. The van der Waals surface area contributed by atoms with Crippen LogP contribution in [0.2, 0.25) is 0 Å². The Kier molecular flexibility index (Phi) is 7.15. The van der Waals surface area contributed by atoms with E-state index in [0.717, 1.165) is 15.6 Å². The minimum Gasteiger partial charge on any atom is -0.497 e. The summed E-state index contributed by atoms with van der Waals surface area (Å²) in [5.41, 5.74) is 2.92. The molecule has 8 heteroatoms. The monoisotopic (exact) mass is 567 g/mol. The fraction of sp³-hybridized carbons (Fsp3) is 0.0667. The van der Waals surface area contributed by atoms with Crippen LogP contribution in [-0.2, 0) is 0 Å². The number of hydrogen-bond donors (Lipinski definition) is 0. The largest absolute Gasteiger partial charge is 0.497 e. The molecule has 0 aliphatic rings. The standard InChI is InChI=1S/C30H22BrN3O4/c1-19-6-5-7-21(16-19)28-33-26-9-4-3-8-25(26)29(35)34(28)32-18-22-17-23(31)12-15-27(22)38-30(36)20-10-13-24(37-2)14-11-20/h3-18H,1-2H3. The third-order valence-electron chi connectivity index (χ3n) is 5.84. The molecule has 0 unspecified atom stereocenters. The molecule has 188 valence electrons. The second-order valence-electron chi connectivity index (χ2n) is 8.48. The number of para-hydroxylation sites is 1.